The van der Waals surface area contributed by atoms with Gasteiger partial charge in [-0.05, 0) is 26.0 Å². The Morgan fingerprint density at radius 1 is 1.47 bits per heavy atom. The van der Waals surface area contributed by atoms with Gasteiger partial charge >= 0.3 is 0 Å². The van der Waals surface area contributed by atoms with E-state index in [1.807, 2.05) is 0 Å². The molecule has 8 nitrogen and oxygen atoms in total. The van der Waals surface area contributed by atoms with Crippen LogP contribution in [-0.4, -0.2) is 31.9 Å². The number of nitrogens with zero attached hydrogens (tertiary/aromatic N) is 1. The van der Waals surface area contributed by atoms with Crippen LogP contribution in [-0.2, 0) is 14.8 Å². The van der Waals surface area contributed by atoms with Crippen LogP contribution in [0.15, 0.2) is 23.4 Å². The van der Waals surface area contributed by atoms with Crippen molar-refractivity contribution in [2.24, 2.45) is 5.84 Å². The first-order chi connectivity index (χ1) is 8.86. The van der Waals surface area contributed by atoms with Gasteiger partial charge in [0.15, 0.2) is 5.03 Å². The largest absolute Gasteiger partial charge is 0.353 e. The summed E-state index contributed by atoms with van der Waals surface area (Å²) < 4.78 is 26.1. The molecule has 0 unspecified atom stereocenters. The van der Waals surface area contributed by atoms with Crippen LogP contribution in [0.5, 0.6) is 0 Å². The molecule has 0 saturated heterocycles. The fraction of sp³-hybridized carbons (Fsp3) is 0.400. The van der Waals surface area contributed by atoms with E-state index < -0.39 is 15.9 Å². The number of hydrazine groups is 1. The van der Waals surface area contributed by atoms with Crippen molar-refractivity contribution < 1.29 is 13.2 Å². The second kappa shape index (κ2) is 6.45. The molecule has 1 rings (SSSR count). The molecule has 1 amide bonds. The molecular formula is C10H17N5O3S. The number of hydrogen-bond donors (Lipinski definition) is 4. The van der Waals surface area contributed by atoms with Crippen molar-refractivity contribution in [2.45, 2.75) is 24.9 Å². The lowest BCUT2D eigenvalue weighted by Gasteiger charge is -2.11. The molecule has 0 radical (unpaired) electrons. The Kier molecular flexibility index (Phi) is 5.21. The number of hydrogen-bond acceptors (Lipinski definition) is 6. The SMILES string of the molecule is CC(C)NC(=O)CNS(=O)(=O)c1ncccc1NN. The summed E-state index contributed by atoms with van der Waals surface area (Å²) in [5, 5.41) is 2.31. The molecule has 0 atom stereocenters. The van der Waals surface area contributed by atoms with Gasteiger partial charge in [0.1, 0.15) is 0 Å². The number of carbonyl (C=O) groups excluding carboxylic acids is 1. The zero-order valence-corrected chi connectivity index (χ0v) is 11.5. The van der Waals surface area contributed by atoms with E-state index in [1.54, 1.807) is 19.9 Å². The van der Waals surface area contributed by atoms with Crippen molar-refractivity contribution in [1.29, 1.82) is 0 Å². The first kappa shape index (κ1) is 15.3. The summed E-state index contributed by atoms with van der Waals surface area (Å²) in [6.45, 7) is 3.20. The fourth-order valence-electron chi connectivity index (χ4n) is 1.32. The van der Waals surface area contributed by atoms with Gasteiger partial charge < -0.3 is 10.7 Å². The second-order valence-electron chi connectivity index (χ2n) is 4.05. The minimum Gasteiger partial charge on any atom is -0.353 e. The summed E-state index contributed by atoms with van der Waals surface area (Å²) in [6.07, 6.45) is 1.32. The molecule has 5 N–H and O–H groups in total. The Morgan fingerprint density at radius 2 is 2.16 bits per heavy atom. The topological polar surface area (TPSA) is 126 Å². The first-order valence-electron chi connectivity index (χ1n) is 5.57. The molecule has 0 aliphatic heterocycles. The predicted octanol–water partition coefficient (Wildman–Crippen LogP) is -0.830. The van der Waals surface area contributed by atoms with E-state index in [2.05, 4.69) is 20.4 Å². The molecule has 0 bridgehead atoms. The van der Waals surface area contributed by atoms with Crippen LogP contribution in [0.3, 0.4) is 0 Å². The van der Waals surface area contributed by atoms with Crippen LogP contribution in [0.2, 0.25) is 0 Å². The molecule has 1 aromatic heterocycles. The highest BCUT2D eigenvalue weighted by atomic mass is 32.2. The highest BCUT2D eigenvalue weighted by Crippen LogP contribution is 2.15. The lowest BCUT2D eigenvalue weighted by molar-refractivity contribution is -0.120. The number of carbonyl (C=O) groups is 1. The zero-order chi connectivity index (χ0) is 14.5. The molecule has 106 valence electrons. The summed E-state index contributed by atoms with van der Waals surface area (Å²) in [5.74, 6) is 4.79. The van der Waals surface area contributed by atoms with E-state index >= 15 is 0 Å². The van der Waals surface area contributed by atoms with Crippen molar-refractivity contribution in [3.05, 3.63) is 18.3 Å². The van der Waals surface area contributed by atoms with Gasteiger partial charge in [0.05, 0.1) is 12.2 Å². The van der Waals surface area contributed by atoms with Gasteiger partial charge in [0.25, 0.3) is 10.0 Å². The van der Waals surface area contributed by atoms with Gasteiger partial charge in [-0.15, -0.1) is 0 Å². The summed E-state index contributed by atoms with van der Waals surface area (Å²) in [5.41, 5.74) is 2.39. The van der Waals surface area contributed by atoms with Crippen LogP contribution in [0.25, 0.3) is 0 Å². The maximum atomic E-state index is 12.0. The third-order valence-electron chi connectivity index (χ3n) is 2.05. The zero-order valence-electron chi connectivity index (χ0n) is 10.7. The van der Waals surface area contributed by atoms with Crippen molar-refractivity contribution >= 4 is 21.6 Å². The average molecular weight is 287 g/mol. The predicted molar refractivity (Wildman–Crippen MR) is 70.5 cm³/mol. The van der Waals surface area contributed by atoms with Crippen molar-refractivity contribution in [3.8, 4) is 0 Å². The molecule has 0 aromatic carbocycles. The third-order valence-corrected chi connectivity index (χ3v) is 3.41. The monoisotopic (exact) mass is 287 g/mol. The smallest absolute Gasteiger partial charge is 0.260 e. The molecular weight excluding hydrogens is 270 g/mol. The van der Waals surface area contributed by atoms with Gasteiger partial charge in [-0.25, -0.2) is 18.1 Å². The first-order valence-corrected chi connectivity index (χ1v) is 7.06. The van der Waals surface area contributed by atoms with Crippen LogP contribution in [0, 0.1) is 0 Å². The molecule has 9 heteroatoms. The van der Waals surface area contributed by atoms with Gasteiger partial charge in [-0.1, -0.05) is 0 Å². The molecule has 0 aliphatic rings. The second-order valence-corrected chi connectivity index (χ2v) is 5.73. The quantitative estimate of drug-likeness (QED) is 0.399. The summed E-state index contributed by atoms with van der Waals surface area (Å²) in [6, 6.07) is 2.95. The minimum atomic E-state index is -3.90. The normalized spacial score (nSPS) is 11.4. The number of rotatable bonds is 6. The van der Waals surface area contributed by atoms with Gasteiger partial charge in [0.2, 0.25) is 5.91 Å². The number of pyridine rings is 1. The number of anilines is 1. The number of nitrogen functional groups attached to an aromatic ring is 1. The molecule has 0 aliphatic carbocycles. The lowest BCUT2D eigenvalue weighted by Crippen LogP contribution is -2.40. The Balaban J connectivity index is 2.79. The van der Waals surface area contributed by atoms with Crippen LogP contribution in [0.4, 0.5) is 5.69 Å². The number of amides is 1. The van der Waals surface area contributed by atoms with Crippen molar-refractivity contribution in [1.82, 2.24) is 15.0 Å². The molecule has 1 heterocycles. The van der Waals surface area contributed by atoms with E-state index in [9.17, 15) is 13.2 Å². The number of sulfonamides is 1. The van der Waals surface area contributed by atoms with E-state index in [0.29, 0.717) is 0 Å². The molecule has 0 spiro atoms. The molecule has 19 heavy (non-hydrogen) atoms. The van der Waals surface area contributed by atoms with Crippen LogP contribution in [0.1, 0.15) is 13.8 Å². The fourth-order valence-corrected chi connectivity index (χ4v) is 2.39. The Bertz CT molecular complexity index is 544. The maximum Gasteiger partial charge on any atom is 0.260 e. The van der Waals surface area contributed by atoms with Crippen molar-refractivity contribution in [3.63, 3.8) is 0 Å². The number of aromatic nitrogens is 1. The standard InChI is InChI=1S/C10H17N5O3S/c1-7(2)14-9(16)6-13-19(17,18)10-8(15-11)4-3-5-12-10/h3-5,7,13,15H,6,11H2,1-2H3,(H,14,16). The molecule has 1 aromatic rings. The highest BCUT2D eigenvalue weighted by Gasteiger charge is 2.20. The summed E-state index contributed by atoms with van der Waals surface area (Å²) in [4.78, 5) is 15.1. The van der Waals surface area contributed by atoms with Gasteiger partial charge in [-0.3, -0.25) is 10.6 Å². The van der Waals surface area contributed by atoms with E-state index in [-0.39, 0.29) is 23.3 Å². The molecule has 0 saturated carbocycles. The third kappa shape index (κ3) is 4.47. The van der Waals surface area contributed by atoms with Crippen LogP contribution >= 0.6 is 0 Å². The van der Waals surface area contributed by atoms with E-state index in [1.165, 1.54) is 12.3 Å². The van der Waals surface area contributed by atoms with E-state index in [4.69, 9.17) is 5.84 Å². The Morgan fingerprint density at radius 3 is 2.74 bits per heavy atom. The molecule has 0 fully saturated rings. The summed E-state index contributed by atoms with van der Waals surface area (Å²) in [7, 11) is -3.90. The van der Waals surface area contributed by atoms with Crippen LogP contribution < -0.4 is 21.3 Å². The number of nitrogens with one attached hydrogen (secondary N) is 3. The average Bonchev–Trinajstić information content (AvgIpc) is 2.36. The summed E-state index contributed by atoms with van der Waals surface area (Å²) >= 11 is 0. The Labute approximate surface area is 111 Å². The lowest BCUT2D eigenvalue weighted by atomic mass is 10.4. The highest BCUT2D eigenvalue weighted by molar-refractivity contribution is 7.89. The Hall–Kier alpha value is -1.71. The number of nitrogens with two attached hydrogens (primary N) is 1. The maximum absolute atomic E-state index is 12.0. The van der Waals surface area contributed by atoms with Gasteiger partial charge in [-0.2, -0.15) is 0 Å². The van der Waals surface area contributed by atoms with E-state index in [0.717, 1.165) is 0 Å². The van der Waals surface area contributed by atoms with Crippen molar-refractivity contribution in [2.75, 3.05) is 12.0 Å². The van der Waals surface area contributed by atoms with Gasteiger partial charge in [0, 0.05) is 12.2 Å². The minimum absolute atomic E-state index is 0.0619.